The monoisotopic (exact) mass is 477 g/mol. The molecule has 0 N–H and O–H groups in total. The summed E-state index contributed by atoms with van der Waals surface area (Å²) in [6.07, 6.45) is 11.1. The fraction of sp³-hybridized carbons (Fsp3) is 0.258. The summed E-state index contributed by atoms with van der Waals surface area (Å²) in [5.74, 6) is 5.01. The SMILES string of the molecule is C#CCN(CC#C)c1ccc(C2(c3ccc(N(C)C)cc3)OC(=O)c3cc(N(C)C)ccc32)c(C)c1. The molecule has 0 bridgehead atoms. The number of carbonyl (C=O) groups excluding carboxylic acids is 1. The number of anilines is 3. The lowest BCUT2D eigenvalue weighted by Crippen LogP contribution is -2.31. The van der Waals surface area contributed by atoms with Crippen LogP contribution in [-0.2, 0) is 10.3 Å². The lowest BCUT2D eigenvalue weighted by atomic mass is 9.78. The predicted molar refractivity (Wildman–Crippen MR) is 148 cm³/mol. The van der Waals surface area contributed by atoms with E-state index in [1.54, 1.807) is 0 Å². The third-order valence-corrected chi connectivity index (χ3v) is 6.67. The first kappa shape index (κ1) is 24.8. The first-order valence-corrected chi connectivity index (χ1v) is 11.8. The number of fused-ring (bicyclic) bond motifs is 1. The number of cyclic esters (lactones) is 1. The summed E-state index contributed by atoms with van der Waals surface area (Å²) in [5.41, 5.74) is 6.01. The lowest BCUT2D eigenvalue weighted by molar-refractivity contribution is 0.0250. The molecule has 0 fully saturated rings. The number of aryl methyl sites for hydroxylation is 1. The summed E-state index contributed by atoms with van der Waals surface area (Å²) in [5, 5.41) is 0. The van der Waals surface area contributed by atoms with Crippen molar-refractivity contribution in [2.75, 3.05) is 56.0 Å². The quantitative estimate of drug-likeness (QED) is 0.365. The third kappa shape index (κ3) is 4.14. The Labute approximate surface area is 214 Å². The molecule has 0 spiro atoms. The molecule has 0 aromatic heterocycles. The summed E-state index contributed by atoms with van der Waals surface area (Å²) >= 11 is 0. The van der Waals surface area contributed by atoms with Crippen molar-refractivity contribution in [2.24, 2.45) is 0 Å². The Morgan fingerprint density at radius 2 is 1.33 bits per heavy atom. The zero-order valence-electron chi connectivity index (χ0n) is 21.5. The number of ether oxygens (including phenoxy) is 1. The van der Waals surface area contributed by atoms with Crippen molar-refractivity contribution < 1.29 is 9.53 Å². The molecule has 5 nitrogen and oxygen atoms in total. The number of rotatable bonds is 7. The highest BCUT2D eigenvalue weighted by Crippen LogP contribution is 2.49. The summed E-state index contributed by atoms with van der Waals surface area (Å²) < 4.78 is 6.35. The van der Waals surface area contributed by atoms with E-state index in [-0.39, 0.29) is 5.97 Å². The van der Waals surface area contributed by atoms with E-state index < -0.39 is 5.60 Å². The van der Waals surface area contributed by atoms with Crippen LogP contribution in [0.2, 0.25) is 0 Å². The molecule has 4 rings (SSSR count). The number of hydrogen-bond donors (Lipinski definition) is 0. The van der Waals surface area contributed by atoms with Gasteiger partial charge in [-0.1, -0.05) is 36.1 Å². The number of hydrogen-bond acceptors (Lipinski definition) is 5. The summed E-state index contributed by atoms with van der Waals surface area (Å²) in [4.78, 5) is 19.3. The zero-order chi connectivity index (χ0) is 26.0. The molecule has 0 saturated carbocycles. The number of nitrogens with zero attached hydrogens (tertiary/aromatic N) is 3. The van der Waals surface area contributed by atoms with E-state index in [2.05, 4.69) is 17.9 Å². The Balaban J connectivity index is 1.94. The van der Waals surface area contributed by atoms with Crippen molar-refractivity contribution in [3.05, 3.63) is 88.5 Å². The largest absolute Gasteiger partial charge is 0.441 e. The standard InChI is InChI=1S/C31H31N3O2/c1-8-18-34(19-9-2)26-15-16-28(22(3)20-26)31(23-10-12-24(13-11-23)32(4)5)29-17-14-25(33(6)7)21-27(29)30(35)36-31/h1-2,10-17,20-21H,18-19H2,3-7H3. The van der Waals surface area contributed by atoms with Gasteiger partial charge in [0.2, 0.25) is 0 Å². The van der Waals surface area contributed by atoms with E-state index in [9.17, 15) is 4.79 Å². The van der Waals surface area contributed by atoms with Gasteiger partial charge in [-0.2, -0.15) is 0 Å². The molecule has 1 unspecified atom stereocenters. The zero-order valence-corrected chi connectivity index (χ0v) is 21.5. The highest BCUT2D eigenvalue weighted by molar-refractivity contribution is 5.97. The second-order valence-electron chi connectivity index (χ2n) is 9.40. The van der Waals surface area contributed by atoms with Crippen LogP contribution in [0.5, 0.6) is 0 Å². The Morgan fingerprint density at radius 1 is 0.778 bits per heavy atom. The van der Waals surface area contributed by atoms with E-state index in [0.29, 0.717) is 18.7 Å². The molecule has 1 atom stereocenters. The van der Waals surface area contributed by atoms with E-state index in [1.165, 1.54) is 0 Å². The lowest BCUT2D eigenvalue weighted by Gasteiger charge is -2.33. The van der Waals surface area contributed by atoms with Crippen LogP contribution in [0.15, 0.2) is 60.7 Å². The number of benzene rings is 3. The molecule has 0 aliphatic carbocycles. The van der Waals surface area contributed by atoms with Crippen LogP contribution in [0.3, 0.4) is 0 Å². The van der Waals surface area contributed by atoms with Gasteiger partial charge in [-0.25, -0.2) is 4.79 Å². The van der Waals surface area contributed by atoms with Gasteiger partial charge in [0, 0.05) is 61.9 Å². The second-order valence-corrected chi connectivity index (χ2v) is 9.40. The molecule has 182 valence electrons. The molecule has 1 heterocycles. The van der Waals surface area contributed by atoms with Gasteiger partial charge in [-0.15, -0.1) is 12.8 Å². The summed E-state index contributed by atoms with van der Waals surface area (Å²) in [6.45, 7) is 2.84. The Kier molecular flexibility index (Phi) is 6.69. The Morgan fingerprint density at radius 3 is 1.89 bits per heavy atom. The molecule has 0 radical (unpaired) electrons. The minimum Gasteiger partial charge on any atom is -0.441 e. The molecular formula is C31H31N3O2. The van der Waals surface area contributed by atoms with Gasteiger partial charge in [0.1, 0.15) is 0 Å². The average Bonchev–Trinajstić information content (AvgIpc) is 3.16. The second kappa shape index (κ2) is 9.72. The number of carbonyl (C=O) groups is 1. The fourth-order valence-corrected chi connectivity index (χ4v) is 4.80. The van der Waals surface area contributed by atoms with Gasteiger partial charge in [-0.3, -0.25) is 0 Å². The van der Waals surface area contributed by atoms with Gasteiger partial charge >= 0.3 is 5.97 Å². The molecule has 36 heavy (non-hydrogen) atoms. The van der Waals surface area contributed by atoms with Crippen LogP contribution in [0.4, 0.5) is 17.1 Å². The van der Waals surface area contributed by atoms with Gasteiger partial charge in [0.25, 0.3) is 0 Å². The highest BCUT2D eigenvalue weighted by Gasteiger charge is 2.49. The van der Waals surface area contributed by atoms with Gasteiger partial charge < -0.3 is 19.4 Å². The minimum absolute atomic E-state index is 0.338. The van der Waals surface area contributed by atoms with E-state index in [1.807, 2.05) is 104 Å². The van der Waals surface area contributed by atoms with Crippen molar-refractivity contribution in [1.82, 2.24) is 0 Å². The summed E-state index contributed by atoms with van der Waals surface area (Å²) in [7, 11) is 7.91. The fourth-order valence-electron chi connectivity index (χ4n) is 4.80. The molecule has 0 amide bonds. The maximum Gasteiger partial charge on any atom is 0.340 e. The predicted octanol–water partition coefficient (Wildman–Crippen LogP) is 4.66. The molecular weight excluding hydrogens is 446 g/mol. The Hall–Kier alpha value is -4.35. The van der Waals surface area contributed by atoms with Crippen LogP contribution in [-0.4, -0.2) is 47.2 Å². The van der Waals surface area contributed by atoms with Crippen molar-refractivity contribution in [2.45, 2.75) is 12.5 Å². The first-order valence-electron chi connectivity index (χ1n) is 11.8. The smallest absolute Gasteiger partial charge is 0.340 e. The average molecular weight is 478 g/mol. The number of terminal acetylenes is 2. The van der Waals surface area contributed by atoms with Crippen LogP contribution >= 0.6 is 0 Å². The summed E-state index contributed by atoms with van der Waals surface area (Å²) in [6, 6.07) is 20.2. The van der Waals surface area contributed by atoms with Crippen molar-refractivity contribution in [3.63, 3.8) is 0 Å². The third-order valence-electron chi connectivity index (χ3n) is 6.67. The van der Waals surface area contributed by atoms with Crippen LogP contribution in [0, 0.1) is 31.6 Å². The van der Waals surface area contributed by atoms with Crippen molar-refractivity contribution in [3.8, 4) is 24.7 Å². The molecule has 1 aliphatic rings. The topological polar surface area (TPSA) is 36.0 Å². The van der Waals surface area contributed by atoms with E-state index in [4.69, 9.17) is 17.6 Å². The molecule has 3 aromatic rings. The van der Waals surface area contributed by atoms with Crippen LogP contribution < -0.4 is 14.7 Å². The van der Waals surface area contributed by atoms with Crippen LogP contribution in [0.1, 0.15) is 32.6 Å². The first-order chi connectivity index (χ1) is 17.2. The van der Waals surface area contributed by atoms with Crippen molar-refractivity contribution >= 4 is 23.0 Å². The molecule has 3 aromatic carbocycles. The van der Waals surface area contributed by atoms with Gasteiger partial charge in [-0.05, 0) is 48.9 Å². The molecule has 5 heteroatoms. The maximum absolute atomic E-state index is 13.3. The maximum atomic E-state index is 13.3. The van der Waals surface area contributed by atoms with Crippen LogP contribution in [0.25, 0.3) is 0 Å². The van der Waals surface area contributed by atoms with E-state index >= 15 is 0 Å². The number of esters is 1. The Bertz CT molecular complexity index is 1360. The highest BCUT2D eigenvalue weighted by atomic mass is 16.6. The minimum atomic E-state index is -1.08. The molecule has 0 saturated heterocycles. The van der Waals surface area contributed by atoms with Gasteiger partial charge in [0.15, 0.2) is 5.60 Å². The van der Waals surface area contributed by atoms with E-state index in [0.717, 1.165) is 39.3 Å². The normalized spacial score (nSPS) is 15.9. The van der Waals surface area contributed by atoms with Crippen molar-refractivity contribution in [1.29, 1.82) is 0 Å². The van der Waals surface area contributed by atoms with Gasteiger partial charge in [0.05, 0.1) is 18.7 Å². The molecule has 1 aliphatic heterocycles.